The van der Waals surface area contributed by atoms with E-state index >= 15 is 0 Å². The molecule has 0 amide bonds. The third-order valence-corrected chi connectivity index (χ3v) is 0.615. The minimum absolute atomic E-state index is 0.208. The smallest absolute Gasteiger partial charge is 0.258 e. The van der Waals surface area contributed by atoms with E-state index in [0.717, 1.165) is 4.74 Å². The summed E-state index contributed by atoms with van der Waals surface area (Å²) in [4.78, 5) is 0. The highest BCUT2D eigenvalue weighted by Crippen LogP contribution is 1.80. The molecule has 6 heavy (non-hydrogen) atoms. The molecule has 0 spiro atoms. The molecule has 0 atom stereocenters. The average molecular weight is 87.1 g/mol. The average Bonchev–Trinajstić information content (AvgIpc) is 1.86. The van der Waals surface area contributed by atoms with E-state index in [4.69, 9.17) is 0 Å². The Labute approximate surface area is 35.4 Å². The van der Waals surface area contributed by atoms with Crippen molar-refractivity contribution in [1.82, 2.24) is 0 Å². The second-order valence-corrected chi connectivity index (χ2v) is 1.10. The summed E-state index contributed by atoms with van der Waals surface area (Å²) in [6, 6.07) is 0. The van der Waals surface area contributed by atoms with Gasteiger partial charge in [0.2, 0.25) is 0 Å². The van der Waals surface area contributed by atoms with Gasteiger partial charge in [-0.15, -0.1) is 0 Å². The van der Waals surface area contributed by atoms with E-state index in [-0.39, 0.29) is 6.73 Å². The predicted molar refractivity (Wildman–Crippen MR) is 20.5 cm³/mol. The van der Waals surface area contributed by atoms with Gasteiger partial charge in [-0.3, -0.25) is 0 Å². The molecule has 0 aliphatic carbocycles. The van der Waals surface area contributed by atoms with Crippen molar-refractivity contribution in [3.05, 3.63) is 5.21 Å². The molecule has 1 rings (SSSR count). The van der Waals surface area contributed by atoms with Crippen molar-refractivity contribution in [2.75, 3.05) is 13.3 Å². The van der Waals surface area contributed by atoms with E-state index in [1.54, 1.807) is 0 Å². The summed E-state index contributed by atoms with van der Waals surface area (Å²) in [5, 5.41) is 9.98. The quantitative estimate of drug-likeness (QED) is 0.296. The van der Waals surface area contributed by atoms with Crippen LogP contribution in [0.2, 0.25) is 0 Å². The summed E-state index contributed by atoms with van der Waals surface area (Å²) < 4.78 is 5.38. The zero-order valence-corrected chi connectivity index (χ0v) is 3.26. The molecule has 0 bridgehead atoms. The van der Waals surface area contributed by atoms with Gasteiger partial charge in [0.05, 0.1) is 0 Å². The molecule has 3 heteroatoms. The maximum atomic E-state index is 9.98. The van der Waals surface area contributed by atoms with E-state index in [1.165, 1.54) is 6.21 Å². The van der Waals surface area contributed by atoms with Gasteiger partial charge in [0.25, 0.3) is 6.73 Å². The first kappa shape index (κ1) is 3.61. The fraction of sp³-hybridized carbons (Fsp3) is 0.667. The SMILES string of the molecule is [O-][N+]1=CCOC1. The first-order valence-corrected chi connectivity index (χ1v) is 1.74. The fourth-order valence-corrected chi connectivity index (χ4v) is 0.331. The molecule has 3 nitrogen and oxygen atoms in total. The normalized spacial score (nSPS) is 21.0. The molecule has 0 saturated heterocycles. The van der Waals surface area contributed by atoms with Crippen molar-refractivity contribution in [1.29, 1.82) is 0 Å². The van der Waals surface area contributed by atoms with E-state index in [1.807, 2.05) is 0 Å². The molecule has 1 aliphatic heterocycles. The molecule has 0 aromatic heterocycles. The molecule has 0 radical (unpaired) electrons. The van der Waals surface area contributed by atoms with Crippen LogP contribution in [-0.2, 0) is 4.74 Å². The largest absolute Gasteiger partial charge is 0.622 e. The van der Waals surface area contributed by atoms with Crippen molar-refractivity contribution < 1.29 is 9.48 Å². The van der Waals surface area contributed by atoms with Gasteiger partial charge < -0.3 is 9.94 Å². The summed E-state index contributed by atoms with van der Waals surface area (Å²) in [6.45, 7) is 0.684. The second-order valence-electron chi connectivity index (χ2n) is 1.10. The molecule has 0 aromatic carbocycles. The van der Waals surface area contributed by atoms with Crippen LogP contribution in [0.25, 0.3) is 0 Å². The molecular formula is C3H5NO2. The zero-order valence-electron chi connectivity index (χ0n) is 3.26. The minimum Gasteiger partial charge on any atom is -0.622 e. The van der Waals surface area contributed by atoms with Crippen LogP contribution in [0.5, 0.6) is 0 Å². The number of hydrogen-bond acceptors (Lipinski definition) is 2. The minimum atomic E-state index is 0.208. The van der Waals surface area contributed by atoms with Crippen LogP contribution < -0.4 is 0 Å². The molecule has 0 aromatic rings. The van der Waals surface area contributed by atoms with Crippen LogP contribution in [-0.4, -0.2) is 24.3 Å². The Morgan fingerprint density at radius 1 is 1.83 bits per heavy atom. The van der Waals surface area contributed by atoms with Gasteiger partial charge in [0.1, 0.15) is 6.61 Å². The molecule has 1 aliphatic rings. The van der Waals surface area contributed by atoms with Crippen molar-refractivity contribution in [2.24, 2.45) is 0 Å². The number of hydroxylamine groups is 1. The van der Waals surface area contributed by atoms with Gasteiger partial charge >= 0.3 is 0 Å². The molecule has 0 fully saturated rings. The lowest BCUT2D eigenvalue weighted by Crippen LogP contribution is -1.96. The number of nitrogens with zero attached hydrogens (tertiary/aromatic N) is 1. The highest BCUT2D eigenvalue weighted by atomic mass is 16.6. The van der Waals surface area contributed by atoms with Crippen LogP contribution in [0.3, 0.4) is 0 Å². The topological polar surface area (TPSA) is 35.3 Å². The summed E-state index contributed by atoms with van der Waals surface area (Å²) >= 11 is 0. The van der Waals surface area contributed by atoms with Crippen LogP contribution in [0.4, 0.5) is 0 Å². The maximum absolute atomic E-state index is 9.98. The Morgan fingerprint density at radius 2 is 2.67 bits per heavy atom. The highest BCUT2D eigenvalue weighted by molar-refractivity contribution is 5.53. The lowest BCUT2D eigenvalue weighted by molar-refractivity contribution is -0.481. The van der Waals surface area contributed by atoms with Gasteiger partial charge in [-0.1, -0.05) is 0 Å². The van der Waals surface area contributed by atoms with E-state index in [2.05, 4.69) is 4.74 Å². The first-order valence-electron chi connectivity index (χ1n) is 1.74. The number of hydrogen-bond donors (Lipinski definition) is 0. The Bertz CT molecular complexity index is 78.9. The van der Waals surface area contributed by atoms with Crippen molar-refractivity contribution in [3.63, 3.8) is 0 Å². The van der Waals surface area contributed by atoms with Crippen LogP contribution in [0.15, 0.2) is 0 Å². The van der Waals surface area contributed by atoms with Gasteiger partial charge in [-0.2, -0.15) is 4.74 Å². The molecule has 34 valence electrons. The zero-order chi connectivity index (χ0) is 4.41. The molecule has 1 heterocycles. The van der Waals surface area contributed by atoms with Crippen molar-refractivity contribution >= 4 is 6.21 Å². The van der Waals surface area contributed by atoms with E-state index in [0.29, 0.717) is 6.61 Å². The molecule has 0 saturated carbocycles. The number of rotatable bonds is 0. The Balaban J connectivity index is 2.45. The standard InChI is InChI=1S/C3H5NO2/c5-4-1-2-6-3-4/h1H,2-3H2. The van der Waals surface area contributed by atoms with Crippen LogP contribution in [0, 0.1) is 5.21 Å². The first-order chi connectivity index (χ1) is 2.89. The fourth-order valence-electron chi connectivity index (χ4n) is 0.331. The Hall–Kier alpha value is -0.570. The Morgan fingerprint density at radius 3 is 2.83 bits per heavy atom. The lowest BCUT2D eigenvalue weighted by atomic mass is 10.8. The van der Waals surface area contributed by atoms with Gasteiger partial charge in [0.15, 0.2) is 6.21 Å². The van der Waals surface area contributed by atoms with Gasteiger partial charge in [0, 0.05) is 0 Å². The third-order valence-electron chi connectivity index (χ3n) is 0.615. The van der Waals surface area contributed by atoms with E-state index in [9.17, 15) is 5.21 Å². The molecular weight excluding hydrogens is 82.0 g/mol. The molecule has 0 N–H and O–H groups in total. The summed E-state index contributed by atoms with van der Waals surface area (Å²) in [5.41, 5.74) is 0. The second kappa shape index (κ2) is 1.26. The number of ether oxygens (including phenoxy) is 1. The Kier molecular flexibility index (Phi) is 0.759. The van der Waals surface area contributed by atoms with Gasteiger partial charge in [-0.25, -0.2) is 0 Å². The van der Waals surface area contributed by atoms with Crippen molar-refractivity contribution in [3.8, 4) is 0 Å². The summed E-state index contributed by atoms with van der Waals surface area (Å²) in [6.07, 6.45) is 1.46. The van der Waals surface area contributed by atoms with Crippen molar-refractivity contribution in [2.45, 2.75) is 0 Å². The monoisotopic (exact) mass is 87.0 g/mol. The summed E-state index contributed by atoms with van der Waals surface area (Å²) in [5.74, 6) is 0. The van der Waals surface area contributed by atoms with Gasteiger partial charge in [-0.05, 0) is 0 Å². The summed E-state index contributed by atoms with van der Waals surface area (Å²) in [7, 11) is 0. The van der Waals surface area contributed by atoms with Crippen LogP contribution >= 0.6 is 0 Å². The van der Waals surface area contributed by atoms with Crippen LogP contribution in [0.1, 0.15) is 0 Å². The van der Waals surface area contributed by atoms with E-state index < -0.39 is 0 Å². The lowest BCUT2D eigenvalue weighted by Gasteiger charge is -1.89. The third kappa shape index (κ3) is 0.490. The molecule has 0 unspecified atom stereocenters. The predicted octanol–water partition coefficient (Wildman–Crippen LogP) is -0.445. The maximum Gasteiger partial charge on any atom is 0.258 e. The highest BCUT2D eigenvalue weighted by Gasteiger charge is 1.99.